The van der Waals surface area contributed by atoms with Crippen LogP contribution in [0.4, 0.5) is 0 Å². The number of carboxylic acids is 1. The lowest BCUT2D eigenvalue weighted by atomic mass is 10.1. The maximum atomic E-state index is 12.0. The second-order valence-corrected chi connectivity index (χ2v) is 4.21. The van der Waals surface area contributed by atoms with Crippen molar-refractivity contribution in [1.29, 1.82) is 0 Å². The van der Waals surface area contributed by atoms with Crippen LogP contribution in [0.25, 0.3) is 6.08 Å². The molecule has 0 saturated carbocycles. The van der Waals surface area contributed by atoms with E-state index in [1.807, 2.05) is 0 Å². The van der Waals surface area contributed by atoms with E-state index in [9.17, 15) is 9.59 Å². The summed E-state index contributed by atoms with van der Waals surface area (Å²) in [4.78, 5) is 24.3. The summed E-state index contributed by atoms with van der Waals surface area (Å²) in [7, 11) is 0. The normalized spacial score (nSPS) is 19.8. The molecular formula is C13H15NO5. The molecule has 6 heteroatoms. The van der Waals surface area contributed by atoms with E-state index in [0.717, 1.165) is 0 Å². The Morgan fingerprint density at radius 2 is 2.37 bits per heavy atom. The summed E-state index contributed by atoms with van der Waals surface area (Å²) >= 11 is 0. The van der Waals surface area contributed by atoms with Crippen molar-refractivity contribution in [3.05, 3.63) is 30.2 Å². The van der Waals surface area contributed by atoms with Crippen molar-refractivity contribution >= 4 is 18.0 Å². The smallest absolute Gasteiger partial charge is 0.305 e. The topological polar surface area (TPSA) is 80.0 Å². The zero-order valence-corrected chi connectivity index (χ0v) is 10.3. The molecule has 0 bridgehead atoms. The summed E-state index contributed by atoms with van der Waals surface area (Å²) in [5, 5.41) is 8.82. The van der Waals surface area contributed by atoms with E-state index in [1.165, 1.54) is 17.2 Å². The number of furan rings is 1. The molecule has 2 heterocycles. The fourth-order valence-electron chi connectivity index (χ4n) is 1.95. The van der Waals surface area contributed by atoms with Crippen LogP contribution in [-0.2, 0) is 14.3 Å². The highest BCUT2D eigenvalue weighted by molar-refractivity contribution is 5.92. The van der Waals surface area contributed by atoms with Gasteiger partial charge in [0.15, 0.2) is 0 Å². The summed E-state index contributed by atoms with van der Waals surface area (Å²) in [5.41, 5.74) is 0. The Labute approximate surface area is 110 Å². The lowest BCUT2D eigenvalue weighted by Crippen LogP contribution is -2.49. The average molecular weight is 265 g/mol. The number of morpholine rings is 1. The van der Waals surface area contributed by atoms with Crippen LogP contribution in [-0.4, -0.2) is 47.7 Å². The molecule has 1 saturated heterocycles. The Morgan fingerprint density at radius 1 is 1.53 bits per heavy atom. The van der Waals surface area contributed by atoms with E-state index in [-0.39, 0.29) is 18.9 Å². The van der Waals surface area contributed by atoms with E-state index in [2.05, 4.69) is 0 Å². The third-order valence-corrected chi connectivity index (χ3v) is 2.85. The minimum Gasteiger partial charge on any atom is -0.481 e. The van der Waals surface area contributed by atoms with E-state index < -0.39 is 12.0 Å². The number of hydrogen-bond acceptors (Lipinski definition) is 4. The summed E-state index contributed by atoms with van der Waals surface area (Å²) in [6.45, 7) is 1.09. The van der Waals surface area contributed by atoms with Gasteiger partial charge in [-0.3, -0.25) is 9.59 Å². The molecule has 1 aromatic heterocycles. The fourth-order valence-corrected chi connectivity index (χ4v) is 1.95. The van der Waals surface area contributed by atoms with Crippen LogP contribution in [0.5, 0.6) is 0 Å². The quantitative estimate of drug-likeness (QED) is 0.821. The SMILES string of the molecule is O=C(O)C[C@H]1COCCN1C(=O)/C=C\c1ccco1. The lowest BCUT2D eigenvalue weighted by Gasteiger charge is -2.34. The minimum absolute atomic E-state index is 0.111. The van der Waals surface area contributed by atoms with Crippen molar-refractivity contribution in [1.82, 2.24) is 4.90 Å². The highest BCUT2D eigenvalue weighted by Crippen LogP contribution is 2.12. The number of aliphatic carboxylic acids is 1. The second-order valence-electron chi connectivity index (χ2n) is 4.21. The van der Waals surface area contributed by atoms with Crippen molar-refractivity contribution in [3.63, 3.8) is 0 Å². The molecule has 1 N–H and O–H groups in total. The molecule has 1 aliphatic heterocycles. The van der Waals surface area contributed by atoms with Crippen LogP contribution in [0, 0.1) is 0 Å². The molecule has 19 heavy (non-hydrogen) atoms. The molecule has 0 unspecified atom stereocenters. The first-order valence-corrected chi connectivity index (χ1v) is 5.98. The van der Waals surface area contributed by atoms with Gasteiger partial charge in [-0.1, -0.05) is 0 Å². The Kier molecular flexibility index (Phi) is 4.35. The number of hydrogen-bond donors (Lipinski definition) is 1. The Morgan fingerprint density at radius 3 is 3.05 bits per heavy atom. The maximum absolute atomic E-state index is 12.0. The number of carbonyl (C=O) groups excluding carboxylic acids is 1. The van der Waals surface area contributed by atoms with Crippen molar-refractivity contribution in [2.45, 2.75) is 12.5 Å². The average Bonchev–Trinajstić information content (AvgIpc) is 2.89. The second kappa shape index (κ2) is 6.19. The third kappa shape index (κ3) is 3.69. The molecule has 1 aliphatic rings. The largest absolute Gasteiger partial charge is 0.481 e. The van der Waals surface area contributed by atoms with Crippen molar-refractivity contribution in [3.8, 4) is 0 Å². The van der Waals surface area contributed by atoms with E-state index in [1.54, 1.807) is 18.2 Å². The Balaban J connectivity index is 2.00. The predicted octanol–water partition coefficient (Wildman–Crippen LogP) is 0.995. The summed E-state index contributed by atoms with van der Waals surface area (Å²) in [6, 6.07) is 3.05. The maximum Gasteiger partial charge on any atom is 0.305 e. The van der Waals surface area contributed by atoms with Gasteiger partial charge in [0.05, 0.1) is 31.9 Å². The van der Waals surface area contributed by atoms with Gasteiger partial charge in [0.2, 0.25) is 5.91 Å². The first kappa shape index (κ1) is 13.4. The Bertz CT molecular complexity index is 465. The van der Waals surface area contributed by atoms with Gasteiger partial charge < -0.3 is 19.2 Å². The number of rotatable bonds is 4. The van der Waals surface area contributed by atoms with Gasteiger partial charge in [-0.15, -0.1) is 0 Å². The molecule has 0 radical (unpaired) electrons. The van der Waals surface area contributed by atoms with Crippen LogP contribution >= 0.6 is 0 Å². The van der Waals surface area contributed by atoms with Crippen LogP contribution in [0.15, 0.2) is 28.9 Å². The monoisotopic (exact) mass is 265 g/mol. The zero-order valence-electron chi connectivity index (χ0n) is 10.3. The first-order chi connectivity index (χ1) is 9.16. The number of nitrogens with zero attached hydrogens (tertiary/aromatic N) is 1. The van der Waals surface area contributed by atoms with Crippen molar-refractivity contribution in [2.24, 2.45) is 0 Å². The number of carboxylic acid groups (broad SMARTS) is 1. The standard InChI is InChI=1S/C13H15NO5/c15-12(4-3-11-2-1-6-19-11)14-5-7-18-9-10(14)8-13(16)17/h1-4,6,10H,5,7-9H2,(H,16,17)/b4-3-/t10-/m0/s1. The van der Waals surface area contributed by atoms with Gasteiger partial charge in [0, 0.05) is 12.6 Å². The van der Waals surface area contributed by atoms with E-state index in [0.29, 0.717) is 18.9 Å². The highest BCUT2D eigenvalue weighted by Gasteiger charge is 2.27. The van der Waals surface area contributed by atoms with Gasteiger partial charge >= 0.3 is 5.97 Å². The van der Waals surface area contributed by atoms with Gasteiger partial charge in [-0.2, -0.15) is 0 Å². The molecule has 1 fully saturated rings. The predicted molar refractivity (Wildman–Crippen MR) is 66.3 cm³/mol. The summed E-state index contributed by atoms with van der Waals surface area (Å²) < 4.78 is 10.3. The molecular weight excluding hydrogens is 250 g/mol. The van der Waals surface area contributed by atoms with Crippen LogP contribution in [0.2, 0.25) is 0 Å². The number of carbonyl (C=O) groups is 2. The fraction of sp³-hybridized carbons (Fsp3) is 0.385. The van der Waals surface area contributed by atoms with E-state index in [4.69, 9.17) is 14.3 Å². The first-order valence-electron chi connectivity index (χ1n) is 5.98. The zero-order chi connectivity index (χ0) is 13.7. The molecule has 1 aromatic rings. The summed E-state index contributed by atoms with van der Waals surface area (Å²) in [6.07, 6.45) is 4.36. The summed E-state index contributed by atoms with van der Waals surface area (Å²) in [5.74, 6) is -0.592. The van der Waals surface area contributed by atoms with E-state index >= 15 is 0 Å². The van der Waals surface area contributed by atoms with Crippen molar-refractivity contribution in [2.75, 3.05) is 19.8 Å². The highest BCUT2D eigenvalue weighted by atomic mass is 16.5. The van der Waals surface area contributed by atoms with Crippen LogP contribution in [0.1, 0.15) is 12.2 Å². The molecule has 2 rings (SSSR count). The molecule has 0 aromatic carbocycles. The van der Waals surface area contributed by atoms with Gasteiger partial charge in [0.1, 0.15) is 5.76 Å². The molecule has 0 spiro atoms. The molecule has 6 nitrogen and oxygen atoms in total. The molecule has 1 amide bonds. The molecule has 102 valence electrons. The van der Waals surface area contributed by atoms with Crippen LogP contribution in [0.3, 0.4) is 0 Å². The lowest BCUT2D eigenvalue weighted by molar-refractivity contribution is -0.143. The third-order valence-electron chi connectivity index (χ3n) is 2.85. The minimum atomic E-state index is -0.941. The van der Waals surface area contributed by atoms with Gasteiger partial charge in [0.25, 0.3) is 0 Å². The number of amides is 1. The van der Waals surface area contributed by atoms with Gasteiger partial charge in [-0.25, -0.2) is 0 Å². The molecule has 1 atom stereocenters. The van der Waals surface area contributed by atoms with Crippen molar-refractivity contribution < 1.29 is 23.8 Å². The van der Waals surface area contributed by atoms with Crippen LogP contribution < -0.4 is 0 Å². The van der Waals surface area contributed by atoms with Gasteiger partial charge in [-0.05, 0) is 18.2 Å². The molecule has 0 aliphatic carbocycles. The number of ether oxygens (including phenoxy) is 1. The Hall–Kier alpha value is -2.08.